The Hall–Kier alpha value is 0.270. The third-order valence-electron chi connectivity index (χ3n) is 0.743. The SMILES string of the molecule is CCC[S+]([O-])CC[O]. The Labute approximate surface area is 53.1 Å². The quantitative estimate of drug-likeness (QED) is 0.520. The molecule has 49 valence electrons. The van der Waals surface area contributed by atoms with Crippen LogP contribution in [0.2, 0.25) is 0 Å². The van der Waals surface area contributed by atoms with Crippen LogP contribution in [0.25, 0.3) is 0 Å². The maximum absolute atomic E-state index is 10.6. The highest BCUT2D eigenvalue weighted by molar-refractivity contribution is 7.91. The van der Waals surface area contributed by atoms with E-state index in [1.54, 1.807) is 0 Å². The third kappa shape index (κ3) is 4.43. The summed E-state index contributed by atoms with van der Waals surface area (Å²) in [6, 6.07) is 0. The molecule has 0 aromatic rings. The average molecular weight is 135 g/mol. The molecule has 2 nitrogen and oxygen atoms in total. The van der Waals surface area contributed by atoms with Gasteiger partial charge in [0.1, 0.15) is 18.1 Å². The van der Waals surface area contributed by atoms with Gasteiger partial charge in [-0.15, -0.1) is 0 Å². The molecule has 0 spiro atoms. The van der Waals surface area contributed by atoms with E-state index in [1.807, 2.05) is 6.92 Å². The largest absolute Gasteiger partial charge is 0.616 e. The summed E-state index contributed by atoms with van der Waals surface area (Å²) in [4.78, 5) is 0. The van der Waals surface area contributed by atoms with E-state index in [0.717, 1.165) is 6.42 Å². The van der Waals surface area contributed by atoms with Gasteiger partial charge in [0.25, 0.3) is 0 Å². The highest BCUT2D eigenvalue weighted by Crippen LogP contribution is 1.91. The van der Waals surface area contributed by atoms with Gasteiger partial charge < -0.3 is 4.55 Å². The first kappa shape index (κ1) is 8.27. The van der Waals surface area contributed by atoms with Crippen molar-refractivity contribution in [3.8, 4) is 0 Å². The predicted octanol–water partition coefficient (Wildman–Crippen LogP) is 0.576. The van der Waals surface area contributed by atoms with Crippen LogP contribution in [-0.2, 0) is 16.3 Å². The molecule has 0 N–H and O–H groups in total. The molecule has 0 bridgehead atoms. The maximum Gasteiger partial charge on any atom is 0.132 e. The molecule has 0 heterocycles. The first-order chi connectivity index (χ1) is 3.81. The summed E-state index contributed by atoms with van der Waals surface area (Å²) in [7, 11) is 0. The van der Waals surface area contributed by atoms with Crippen LogP contribution in [0.5, 0.6) is 0 Å². The Kier molecular flexibility index (Phi) is 5.59. The van der Waals surface area contributed by atoms with Gasteiger partial charge in [-0.2, -0.15) is 0 Å². The maximum atomic E-state index is 10.6. The molecule has 0 aromatic carbocycles. The van der Waals surface area contributed by atoms with Crippen LogP contribution >= 0.6 is 0 Å². The molecule has 1 unspecified atom stereocenters. The summed E-state index contributed by atoms with van der Waals surface area (Å²) in [6.07, 6.45) is 0.909. The molecule has 0 fully saturated rings. The van der Waals surface area contributed by atoms with Gasteiger partial charge in [-0.25, -0.2) is 5.11 Å². The number of hydrogen-bond acceptors (Lipinski definition) is 1. The van der Waals surface area contributed by atoms with Crippen LogP contribution in [0.3, 0.4) is 0 Å². The molecule has 1 atom stereocenters. The topological polar surface area (TPSA) is 43.0 Å². The first-order valence-electron chi connectivity index (χ1n) is 2.74. The lowest BCUT2D eigenvalue weighted by Crippen LogP contribution is -2.12. The Morgan fingerprint density at radius 3 is 2.50 bits per heavy atom. The second kappa shape index (κ2) is 5.41. The molecule has 0 aliphatic rings. The zero-order valence-electron chi connectivity index (χ0n) is 5.05. The minimum Gasteiger partial charge on any atom is -0.616 e. The van der Waals surface area contributed by atoms with Gasteiger partial charge in [-0.1, -0.05) is 18.1 Å². The van der Waals surface area contributed by atoms with Crippen molar-refractivity contribution in [2.45, 2.75) is 13.3 Å². The van der Waals surface area contributed by atoms with Crippen molar-refractivity contribution in [3.63, 3.8) is 0 Å². The van der Waals surface area contributed by atoms with Crippen molar-refractivity contribution in [2.75, 3.05) is 18.1 Å². The normalized spacial score (nSPS) is 13.9. The molecular formula is C5H11O2S. The minimum absolute atomic E-state index is 0.202. The van der Waals surface area contributed by atoms with Crippen molar-refractivity contribution >= 4 is 11.2 Å². The van der Waals surface area contributed by atoms with Crippen LogP contribution in [0, 0.1) is 0 Å². The molecule has 0 amide bonds. The molecule has 1 radical (unpaired) electrons. The van der Waals surface area contributed by atoms with Crippen molar-refractivity contribution in [2.24, 2.45) is 0 Å². The molecule has 0 saturated heterocycles. The molecular weight excluding hydrogens is 124 g/mol. The summed E-state index contributed by atoms with van der Waals surface area (Å²) < 4.78 is 10.6. The average Bonchev–Trinajstić information content (AvgIpc) is 1.68. The van der Waals surface area contributed by atoms with E-state index < -0.39 is 11.2 Å². The first-order valence-corrected chi connectivity index (χ1v) is 4.23. The van der Waals surface area contributed by atoms with Crippen molar-refractivity contribution < 1.29 is 9.66 Å². The lowest BCUT2D eigenvalue weighted by molar-refractivity contribution is 0.213. The van der Waals surface area contributed by atoms with Crippen LogP contribution in [0.1, 0.15) is 13.3 Å². The fourth-order valence-corrected chi connectivity index (χ4v) is 1.27. The van der Waals surface area contributed by atoms with E-state index in [4.69, 9.17) is 0 Å². The van der Waals surface area contributed by atoms with E-state index in [0.29, 0.717) is 11.5 Å². The van der Waals surface area contributed by atoms with Gasteiger partial charge in [0.2, 0.25) is 0 Å². The highest BCUT2D eigenvalue weighted by atomic mass is 32.2. The van der Waals surface area contributed by atoms with E-state index in [9.17, 15) is 9.66 Å². The van der Waals surface area contributed by atoms with E-state index in [2.05, 4.69) is 0 Å². The Balaban J connectivity index is 2.92. The number of rotatable bonds is 4. The lowest BCUT2D eigenvalue weighted by atomic mass is 10.6. The zero-order chi connectivity index (χ0) is 6.41. The highest BCUT2D eigenvalue weighted by Gasteiger charge is 2.00. The van der Waals surface area contributed by atoms with Gasteiger partial charge in [0, 0.05) is 0 Å². The van der Waals surface area contributed by atoms with Gasteiger partial charge in [0.05, 0.1) is 0 Å². The van der Waals surface area contributed by atoms with Crippen molar-refractivity contribution in [1.29, 1.82) is 0 Å². The van der Waals surface area contributed by atoms with Crippen molar-refractivity contribution in [1.82, 2.24) is 0 Å². The second-order valence-electron chi connectivity index (χ2n) is 1.55. The predicted molar refractivity (Wildman–Crippen MR) is 33.7 cm³/mol. The molecule has 0 aliphatic heterocycles. The van der Waals surface area contributed by atoms with Gasteiger partial charge >= 0.3 is 0 Å². The Morgan fingerprint density at radius 1 is 1.50 bits per heavy atom. The Morgan fingerprint density at radius 2 is 2.12 bits per heavy atom. The van der Waals surface area contributed by atoms with Gasteiger partial charge in [-0.3, -0.25) is 0 Å². The van der Waals surface area contributed by atoms with E-state index in [1.165, 1.54) is 0 Å². The number of hydrogen-bond donors (Lipinski definition) is 0. The molecule has 0 saturated carbocycles. The van der Waals surface area contributed by atoms with Crippen LogP contribution in [0.15, 0.2) is 0 Å². The second-order valence-corrected chi connectivity index (χ2v) is 3.25. The fourth-order valence-electron chi connectivity index (χ4n) is 0.423. The molecule has 0 rings (SSSR count). The lowest BCUT2D eigenvalue weighted by Gasteiger charge is -2.05. The summed E-state index contributed by atoms with van der Waals surface area (Å²) in [5.41, 5.74) is 0. The monoisotopic (exact) mass is 135 g/mol. The van der Waals surface area contributed by atoms with E-state index in [-0.39, 0.29) is 6.61 Å². The van der Waals surface area contributed by atoms with Crippen molar-refractivity contribution in [3.05, 3.63) is 0 Å². The Bertz CT molecular complexity index is 43.7. The molecule has 8 heavy (non-hydrogen) atoms. The van der Waals surface area contributed by atoms with Gasteiger partial charge in [0.15, 0.2) is 0 Å². The van der Waals surface area contributed by atoms with Crippen LogP contribution < -0.4 is 0 Å². The zero-order valence-corrected chi connectivity index (χ0v) is 5.87. The summed E-state index contributed by atoms with van der Waals surface area (Å²) >= 11 is -0.833. The molecule has 3 heteroatoms. The van der Waals surface area contributed by atoms with E-state index >= 15 is 0 Å². The fraction of sp³-hybridized carbons (Fsp3) is 1.00. The smallest absolute Gasteiger partial charge is 0.132 e. The van der Waals surface area contributed by atoms with Crippen LogP contribution in [0.4, 0.5) is 0 Å². The third-order valence-corrected chi connectivity index (χ3v) is 2.23. The standard InChI is InChI=1S/C5H11O2S/c1-2-4-8(7)5-3-6/h2-5H2,1H3. The summed E-state index contributed by atoms with van der Waals surface area (Å²) in [5, 5.41) is 9.82. The molecule has 0 aliphatic carbocycles. The van der Waals surface area contributed by atoms with Gasteiger partial charge in [-0.05, 0) is 6.42 Å². The van der Waals surface area contributed by atoms with Crippen LogP contribution in [-0.4, -0.2) is 22.7 Å². The molecule has 0 aromatic heterocycles. The summed E-state index contributed by atoms with van der Waals surface area (Å²) in [6.45, 7) is 1.76. The summed E-state index contributed by atoms with van der Waals surface area (Å²) in [5.74, 6) is 1.01. The minimum atomic E-state index is -0.833.